The van der Waals surface area contributed by atoms with Crippen LogP contribution in [0.15, 0.2) is 26.8 Å². The van der Waals surface area contributed by atoms with Gasteiger partial charge in [0.25, 0.3) is 0 Å². The average molecular weight is 329 g/mol. The van der Waals surface area contributed by atoms with Gasteiger partial charge in [0.05, 0.1) is 13.3 Å². The van der Waals surface area contributed by atoms with Crippen LogP contribution in [0.3, 0.4) is 0 Å². The van der Waals surface area contributed by atoms with E-state index in [1.54, 1.807) is 12.1 Å². The zero-order valence-electron chi connectivity index (χ0n) is 10.4. The molecule has 102 valence electrons. The van der Waals surface area contributed by atoms with E-state index < -0.39 is 5.97 Å². The first-order valence-electron chi connectivity index (χ1n) is 5.12. The van der Waals surface area contributed by atoms with E-state index in [1.807, 2.05) is 0 Å². The van der Waals surface area contributed by atoms with Crippen LogP contribution in [0.1, 0.15) is 12.5 Å². The van der Waals surface area contributed by atoms with Crippen molar-refractivity contribution in [1.82, 2.24) is 0 Å². The van der Waals surface area contributed by atoms with Crippen molar-refractivity contribution >= 4 is 34.1 Å². The second-order valence-electron chi connectivity index (χ2n) is 3.39. The van der Waals surface area contributed by atoms with Crippen molar-refractivity contribution in [2.45, 2.75) is 6.92 Å². The third-order valence-electron chi connectivity index (χ3n) is 1.91. The number of esters is 1. The highest BCUT2D eigenvalue weighted by molar-refractivity contribution is 9.10. The molecule has 0 heterocycles. The predicted molar refractivity (Wildman–Crippen MR) is 75.4 cm³/mol. The molecule has 0 atom stereocenters. The normalized spacial score (nSPS) is 10.3. The molecule has 1 aromatic rings. The molecule has 1 aromatic carbocycles. The molecule has 0 aromatic heterocycles. The Morgan fingerprint density at radius 1 is 1.37 bits per heavy atom. The van der Waals surface area contributed by atoms with Crippen LogP contribution in [0.2, 0.25) is 0 Å². The first kappa shape index (κ1) is 15.0. The van der Waals surface area contributed by atoms with Crippen molar-refractivity contribution in [2.75, 3.05) is 7.11 Å². The van der Waals surface area contributed by atoms with Gasteiger partial charge in [0.15, 0.2) is 11.5 Å². The molecule has 0 bridgehead atoms. The van der Waals surface area contributed by atoms with Gasteiger partial charge in [-0.05, 0) is 28.1 Å². The lowest BCUT2D eigenvalue weighted by atomic mass is 10.2. The highest BCUT2D eigenvalue weighted by atomic mass is 79.9. The molecule has 0 radical (unpaired) electrons. The van der Waals surface area contributed by atoms with E-state index in [9.17, 15) is 4.79 Å². The average Bonchev–Trinajstić information content (AvgIpc) is 2.30. The number of halogens is 1. The molecule has 1 rings (SSSR count). The number of rotatable bonds is 4. The van der Waals surface area contributed by atoms with Crippen molar-refractivity contribution in [3.63, 3.8) is 0 Å². The minimum absolute atomic E-state index is 0.143. The number of benzene rings is 1. The number of nitrogens with zero attached hydrogens (tertiary/aromatic N) is 2. The highest BCUT2D eigenvalue weighted by Gasteiger charge is 2.11. The van der Waals surface area contributed by atoms with Crippen LogP contribution >= 0.6 is 15.9 Å². The maximum atomic E-state index is 11.0. The summed E-state index contributed by atoms with van der Waals surface area (Å²) in [5.41, 5.74) is 11.0. The van der Waals surface area contributed by atoms with Crippen LogP contribution in [0.25, 0.3) is 0 Å². The van der Waals surface area contributed by atoms with E-state index >= 15 is 0 Å². The molecule has 19 heavy (non-hydrogen) atoms. The number of carbonyl (C=O) groups is 1. The first-order valence-corrected chi connectivity index (χ1v) is 5.91. The van der Waals surface area contributed by atoms with Gasteiger partial charge >= 0.3 is 5.97 Å². The fourth-order valence-corrected chi connectivity index (χ4v) is 1.63. The van der Waals surface area contributed by atoms with E-state index in [4.69, 9.17) is 20.9 Å². The lowest BCUT2D eigenvalue weighted by Crippen LogP contribution is -2.21. The maximum absolute atomic E-state index is 11.0. The SMILES string of the molecule is COc1cc(C=NN=C(N)N)c(Br)cc1OC(C)=O. The summed E-state index contributed by atoms with van der Waals surface area (Å²) in [6.45, 7) is 1.31. The summed E-state index contributed by atoms with van der Waals surface area (Å²) in [6.07, 6.45) is 1.43. The number of carbonyl (C=O) groups excluding carboxylic acids is 1. The maximum Gasteiger partial charge on any atom is 0.308 e. The Labute approximate surface area is 118 Å². The zero-order chi connectivity index (χ0) is 14.4. The molecule has 0 unspecified atom stereocenters. The Kier molecular flexibility index (Phi) is 5.31. The topological polar surface area (TPSA) is 112 Å². The quantitative estimate of drug-likeness (QED) is 0.281. The predicted octanol–water partition coefficient (Wildman–Crippen LogP) is 0.990. The highest BCUT2D eigenvalue weighted by Crippen LogP contribution is 2.33. The Morgan fingerprint density at radius 3 is 2.58 bits per heavy atom. The van der Waals surface area contributed by atoms with E-state index in [-0.39, 0.29) is 5.96 Å². The second kappa shape index (κ2) is 6.74. The van der Waals surface area contributed by atoms with Gasteiger partial charge in [0.2, 0.25) is 5.96 Å². The summed E-state index contributed by atoms with van der Waals surface area (Å²) in [7, 11) is 1.47. The molecule has 0 aliphatic heterocycles. The van der Waals surface area contributed by atoms with Crippen LogP contribution in [-0.4, -0.2) is 25.3 Å². The van der Waals surface area contributed by atoms with E-state index in [1.165, 1.54) is 20.2 Å². The van der Waals surface area contributed by atoms with Crippen LogP contribution in [0.5, 0.6) is 11.5 Å². The van der Waals surface area contributed by atoms with Crippen molar-refractivity contribution in [2.24, 2.45) is 21.7 Å². The Bertz CT molecular complexity index is 539. The van der Waals surface area contributed by atoms with Crippen LogP contribution in [-0.2, 0) is 4.79 Å². The van der Waals surface area contributed by atoms with Gasteiger partial charge in [-0.15, -0.1) is 5.10 Å². The van der Waals surface area contributed by atoms with Crippen LogP contribution < -0.4 is 20.9 Å². The number of methoxy groups -OCH3 is 1. The first-order chi connectivity index (χ1) is 8.93. The summed E-state index contributed by atoms with van der Waals surface area (Å²) in [6, 6.07) is 3.23. The Morgan fingerprint density at radius 2 is 2.05 bits per heavy atom. The fourth-order valence-electron chi connectivity index (χ4n) is 1.20. The van der Waals surface area contributed by atoms with E-state index in [2.05, 4.69) is 26.1 Å². The lowest BCUT2D eigenvalue weighted by molar-refractivity contribution is -0.132. The summed E-state index contributed by atoms with van der Waals surface area (Å²) in [5.74, 6) is 0.119. The molecule has 0 spiro atoms. The molecule has 0 saturated heterocycles. The lowest BCUT2D eigenvalue weighted by Gasteiger charge is -2.09. The molecular formula is C11H13BrN4O3. The molecular weight excluding hydrogens is 316 g/mol. The van der Waals surface area contributed by atoms with E-state index in [0.29, 0.717) is 21.5 Å². The van der Waals surface area contributed by atoms with Crippen molar-refractivity contribution in [3.05, 3.63) is 22.2 Å². The third kappa shape index (κ3) is 4.59. The number of guanidine groups is 1. The minimum atomic E-state index is -0.438. The van der Waals surface area contributed by atoms with Gasteiger partial charge in [-0.1, -0.05) is 0 Å². The van der Waals surface area contributed by atoms with Gasteiger partial charge < -0.3 is 20.9 Å². The number of nitrogens with two attached hydrogens (primary N) is 2. The molecule has 8 heteroatoms. The summed E-state index contributed by atoms with van der Waals surface area (Å²) < 4.78 is 10.8. The zero-order valence-corrected chi connectivity index (χ0v) is 12.0. The summed E-state index contributed by atoms with van der Waals surface area (Å²) in [4.78, 5) is 11.0. The van der Waals surface area contributed by atoms with Crippen LogP contribution in [0.4, 0.5) is 0 Å². The second-order valence-corrected chi connectivity index (χ2v) is 4.24. The Hall–Kier alpha value is -2.09. The van der Waals surface area contributed by atoms with Crippen LogP contribution in [0, 0.1) is 0 Å². The molecule has 0 saturated carbocycles. The van der Waals surface area contributed by atoms with Gasteiger partial charge in [-0.2, -0.15) is 5.10 Å². The number of hydrogen-bond donors (Lipinski definition) is 2. The van der Waals surface area contributed by atoms with Crippen molar-refractivity contribution < 1.29 is 14.3 Å². The number of ether oxygens (including phenoxy) is 2. The third-order valence-corrected chi connectivity index (χ3v) is 2.59. The van der Waals surface area contributed by atoms with Crippen molar-refractivity contribution in [3.8, 4) is 11.5 Å². The number of hydrogen-bond acceptors (Lipinski definition) is 5. The van der Waals surface area contributed by atoms with Gasteiger partial charge in [-0.3, -0.25) is 4.79 Å². The smallest absolute Gasteiger partial charge is 0.308 e. The standard InChI is InChI=1S/C11H13BrN4O3/c1-6(17)19-10-4-8(12)7(3-9(10)18-2)5-15-16-11(13)14/h3-5H,1-2H3,(H4,13,14,16). The molecule has 0 fully saturated rings. The monoisotopic (exact) mass is 328 g/mol. The van der Waals surface area contributed by atoms with Crippen molar-refractivity contribution in [1.29, 1.82) is 0 Å². The molecule has 0 aliphatic rings. The molecule has 0 aliphatic carbocycles. The molecule has 7 nitrogen and oxygen atoms in total. The summed E-state index contributed by atoms with van der Waals surface area (Å²) in [5, 5.41) is 7.17. The summed E-state index contributed by atoms with van der Waals surface area (Å²) >= 11 is 3.32. The molecule has 4 N–H and O–H groups in total. The fraction of sp³-hybridized carbons (Fsp3) is 0.182. The van der Waals surface area contributed by atoms with E-state index in [0.717, 1.165) is 0 Å². The minimum Gasteiger partial charge on any atom is -0.493 e. The largest absolute Gasteiger partial charge is 0.493 e. The van der Waals surface area contributed by atoms with Gasteiger partial charge in [0, 0.05) is 17.0 Å². The Balaban J connectivity index is 3.12. The molecule has 0 amide bonds. The van der Waals surface area contributed by atoms with Gasteiger partial charge in [-0.25, -0.2) is 0 Å². The van der Waals surface area contributed by atoms with Gasteiger partial charge in [0.1, 0.15) is 0 Å².